The normalized spacial score (nSPS) is 18.9. The van der Waals surface area contributed by atoms with Crippen molar-refractivity contribution in [2.45, 2.75) is 40.0 Å². The smallest absolute Gasteiger partial charge is 0.320 e. The van der Waals surface area contributed by atoms with Crippen molar-refractivity contribution in [1.29, 1.82) is 0 Å². The van der Waals surface area contributed by atoms with Crippen LogP contribution in [0.5, 0.6) is 0 Å². The van der Waals surface area contributed by atoms with E-state index in [1.807, 2.05) is 35.5 Å². The lowest BCUT2D eigenvalue weighted by atomic mass is 10.1. The maximum atomic E-state index is 12.8. The Morgan fingerprint density at radius 3 is 1.83 bits per heavy atom. The lowest BCUT2D eigenvalue weighted by molar-refractivity contribution is 0.0630. The monoisotopic (exact) mass is 333 g/mol. The molecule has 1 aromatic rings. The first-order valence-corrected chi connectivity index (χ1v) is 8.88. The van der Waals surface area contributed by atoms with E-state index in [2.05, 4.69) is 0 Å². The molecule has 0 aromatic carbocycles. The molecule has 3 rings (SSSR count). The van der Waals surface area contributed by atoms with Gasteiger partial charge in [-0.3, -0.25) is 4.79 Å². The van der Waals surface area contributed by atoms with Crippen molar-refractivity contribution in [3.63, 3.8) is 0 Å². The second-order valence-corrected chi connectivity index (χ2v) is 6.82. The van der Waals surface area contributed by atoms with Gasteiger partial charge in [-0.05, 0) is 40.0 Å². The highest BCUT2D eigenvalue weighted by molar-refractivity contribution is 5.97. The molecule has 3 heterocycles. The molecule has 0 N–H and O–H groups in total. The maximum absolute atomic E-state index is 12.8. The van der Waals surface area contributed by atoms with Crippen molar-refractivity contribution < 1.29 is 14.0 Å². The minimum absolute atomic E-state index is 0.0203. The topological polar surface area (TPSA) is 57.0 Å². The summed E-state index contributed by atoms with van der Waals surface area (Å²) in [4.78, 5) is 31.0. The van der Waals surface area contributed by atoms with Crippen molar-refractivity contribution in [2.24, 2.45) is 0 Å². The molecule has 0 spiro atoms. The zero-order chi connectivity index (χ0) is 17.3. The summed E-state index contributed by atoms with van der Waals surface area (Å²) in [6.45, 7) is 9.76. The zero-order valence-electron chi connectivity index (χ0n) is 14.9. The van der Waals surface area contributed by atoms with Gasteiger partial charge in [0.2, 0.25) is 0 Å². The molecule has 0 saturated carbocycles. The third-order valence-corrected chi connectivity index (χ3v) is 5.24. The molecule has 2 aliphatic heterocycles. The Bertz CT molecular complexity index is 624. The molecule has 2 saturated heterocycles. The summed E-state index contributed by atoms with van der Waals surface area (Å²) in [5.74, 6) is 1.50. The molecule has 6 heteroatoms. The molecule has 24 heavy (non-hydrogen) atoms. The highest BCUT2D eigenvalue weighted by Gasteiger charge is 2.30. The Labute approximate surface area is 143 Å². The van der Waals surface area contributed by atoms with Gasteiger partial charge in [0.25, 0.3) is 5.91 Å². The summed E-state index contributed by atoms with van der Waals surface area (Å²) >= 11 is 0. The molecule has 3 amide bonds. The van der Waals surface area contributed by atoms with Crippen molar-refractivity contribution in [3.05, 3.63) is 22.6 Å². The van der Waals surface area contributed by atoms with Crippen molar-refractivity contribution in [2.75, 3.05) is 39.3 Å². The van der Waals surface area contributed by atoms with Crippen LogP contribution in [-0.2, 0) is 0 Å². The quantitative estimate of drug-likeness (QED) is 0.794. The third-order valence-electron chi connectivity index (χ3n) is 5.24. The second kappa shape index (κ2) is 6.87. The Hall–Kier alpha value is -1.98. The fraction of sp³-hybridized carbons (Fsp3) is 0.667. The van der Waals surface area contributed by atoms with Crippen molar-refractivity contribution >= 4 is 11.9 Å². The number of urea groups is 1. The van der Waals surface area contributed by atoms with Crippen molar-refractivity contribution in [3.8, 4) is 0 Å². The number of piperazine rings is 1. The SMILES string of the molecule is Cc1oc(C)c(C(=O)N2CCN(C(=O)N3CCCCC3)CC2)c1C. The highest BCUT2D eigenvalue weighted by Crippen LogP contribution is 2.23. The molecular weight excluding hydrogens is 306 g/mol. The van der Waals surface area contributed by atoms with Gasteiger partial charge in [-0.2, -0.15) is 0 Å². The third kappa shape index (κ3) is 3.14. The number of rotatable bonds is 1. The summed E-state index contributed by atoms with van der Waals surface area (Å²) in [6, 6.07) is 0.133. The number of nitrogens with zero attached hydrogens (tertiary/aromatic N) is 3. The van der Waals surface area contributed by atoms with Crippen LogP contribution < -0.4 is 0 Å². The molecule has 0 atom stereocenters. The average Bonchev–Trinajstić information content (AvgIpc) is 2.87. The van der Waals surface area contributed by atoms with E-state index in [1.165, 1.54) is 6.42 Å². The number of amides is 3. The van der Waals surface area contributed by atoms with Crippen LogP contribution in [0.4, 0.5) is 4.79 Å². The number of hydrogen-bond acceptors (Lipinski definition) is 3. The van der Waals surface area contributed by atoms with Crippen LogP contribution in [0, 0.1) is 20.8 Å². The lowest BCUT2D eigenvalue weighted by Gasteiger charge is -2.38. The van der Waals surface area contributed by atoms with E-state index in [0.29, 0.717) is 37.5 Å². The molecule has 2 fully saturated rings. The molecule has 0 radical (unpaired) electrons. The van der Waals surface area contributed by atoms with E-state index < -0.39 is 0 Å². The van der Waals surface area contributed by atoms with Crippen LogP contribution in [0.2, 0.25) is 0 Å². The molecular formula is C18H27N3O3. The van der Waals surface area contributed by atoms with Crippen molar-refractivity contribution in [1.82, 2.24) is 14.7 Å². The summed E-state index contributed by atoms with van der Waals surface area (Å²) in [5, 5.41) is 0. The van der Waals surface area contributed by atoms with Gasteiger partial charge in [0.05, 0.1) is 5.56 Å². The first kappa shape index (κ1) is 16.9. The van der Waals surface area contributed by atoms with Gasteiger partial charge < -0.3 is 19.1 Å². The van der Waals surface area contributed by atoms with Gasteiger partial charge in [0.15, 0.2) is 0 Å². The Morgan fingerprint density at radius 1 is 0.750 bits per heavy atom. The van der Waals surface area contributed by atoms with Crippen LogP contribution in [0.1, 0.15) is 46.7 Å². The second-order valence-electron chi connectivity index (χ2n) is 6.82. The molecule has 0 unspecified atom stereocenters. The van der Waals surface area contributed by atoms with Crippen LogP contribution in [0.25, 0.3) is 0 Å². The predicted molar refractivity (Wildman–Crippen MR) is 91.2 cm³/mol. The molecule has 0 bridgehead atoms. The summed E-state index contributed by atoms with van der Waals surface area (Å²) in [7, 11) is 0. The minimum atomic E-state index is 0.0203. The summed E-state index contributed by atoms with van der Waals surface area (Å²) < 4.78 is 5.58. The van der Waals surface area contributed by atoms with E-state index in [4.69, 9.17) is 4.42 Å². The van der Waals surface area contributed by atoms with E-state index in [-0.39, 0.29) is 11.9 Å². The number of piperidine rings is 1. The summed E-state index contributed by atoms with van der Waals surface area (Å²) in [5.41, 5.74) is 1.60. The molecule has 6 nitrogen and oxygen atoms in total. The summed E-state index contributed by atoms with van der Waals surface area (Å²) in [6.07, 6.45) is 3.42. The van der Waals surface area contributed by atoms with E-state index in [9.17, 15) is 9.59 Å². The number of aryl methyl sites for hydroxylation is 2. The first-order valence-electron chi connectivity index (χ1n) is 8.88. The number of carbonyl (C=O) groups is 2. The van der Waals surface area contributed by atoms with Gasteiger partial charge >= 0.3 is 6.03 Å². The molecule has 132 valence electrons. The first-order chi connectivity index (χ1) is 11.5. The average molecular weight is 333 g/mol. The largest absolute Gasteiger partial charge is 0.466 e. The van der Waals surface area contributed by atoms with Gasteiger partial charge in [0, 0.05) is 44.8 Å². The standard InChI is InChI=1S/C18H27N3O3/c1-13-14(2)24-15(3)16(13)17(22)19-9-11-21(12-10-19)18(23)20-7-5-4-6-8-20/h4-12H2,1-3H3. The highest BCUT2D eigenvalue weighted by atomic mass is 16.3. The van der Waals surface area contributed by atoms with E-state index in [1.54, 1.807) is 0 Å². The van der Waals surface area contributed by atoms with Gasteiger partial charge in [-0.15, -0.1) is 0 Å². The lowest BCUT2D eigenvalue weighted by Crippen LogP contribution is -2.54. The van der Waals surface area contributed by atoms with Crippen LogP contribution >= 0.6 is 0 Å². The molecule has 2 aliphatic rings. The van der Waals surface area contributed by atoms with Gasteiger partial charge in [0.1, 0.15) is 11.5 Å². The Balaban J connectivity index is 1.60. The molecule has 1 aromatic heterocycles. The fourth-order valence-corrected chi connectivity index (χ4v) is 3.65. The predicted octanol–water partition coefficient (Wildman–Crippen LogP) is 2.57. The number of likely N-dealkylation sites (tertiary alicyclic amines) is 1. The van der Waals surface area contributed by atoms with E-state index >= 15 is 0 Å². The zero-order valence-corrected chi connectivity index (χ0v) is 14.9. The number of furan rings is 1. The molecule has 0 aliphatic carbocycles. The minimum Gasteiger partial charge on any atom is -0.466 e. The Kier molecular flexibility index (Phi) is 4.83. The number of carbonyl (C=O) groups excluding carboxylic acids is 2. The number of hydrogen-bond donors (Lipinski definition) is 0. The fourth-order valence-electron chi connectivity index (χ4n) is 3.65. The Morgan fingerprint density at radius 2 is 1.29 bits per heavy atom. The van der Waals surface area contributed by atoms with E-state index in [0.717, 1.165) is 37.3 Å². The van der Waals surface area contributed by atoms with Gasteiger partial charge in [-0.1, -0.05) is 0 Å². The maximum Gasteiger partial charge on any atom is 0.320 e. The van der Waals surface area contributed by atoms with Crippen LogP contribution in [0.15, 0.2) is 4.42 Å². The van der Waals surface area contributed by atoms with Crippen LogP contribution in [-0.4, -0.2) is 65.9 Å². The van der Waals surface area contributed by atoms with Crippen LogP contribution in [0.3, 0.4) is 0 Å². The van der Waals surface area contributed by atoms with Gasteiger partial charge in [-0.25, -0.2) is 4.79 Å².